The van der Waals surface area contributed by atoms with Crippen LogP contribution >= 0.6 is 0 Å². The summed E-state index contributed by atoms with van der Waals surface area (Å²) < 4.78 is 11.9. The molecular formula is C28H32N2O5. The van der Waals surface area contributed by atoms with E-state index in [-0.39, 0.29) is 12.0 Å². The molecule has 2 fully saturated rings. The smallest absolute Gasteiger partial charge is 0.416 e. The molecule has 1 aliphatic carbocycles. The number of esters is 1. The van der Waals surface area contributed by atoms with Gasteiger partial charge in [0.15, 0.2) is 0 Å². The summed E-state index contributed by atoms with van der Waals surface area (Å²) >= 11 is 0. The first-order valence-corrected chi connectivity index (χ1v) is 12.2. The van der Waals surface area contributed by atoms with Crippen LogP contribution in [-0.2, 0) is 11.3 Å². The normalized spacial score (nSPS) is 20.7. The number of hydrogen-bond acceptors (Lipinski definition) is 5. The lowest BCUT2D eigenvalue weighted by molar-refractivity contribution is 0.0600. The van der Waals surface area contributed by atoms with E-state index in [1.54, 1.807) is 13.3 Å². The molecule has 7 heteroatoms. The van der Waals surface area contributed by atoms with Crippen molar-refractivity contribution in [3.05, 3.63) is 64.8 Å². The van der Waals surface area contributed by atoms with Gasteiger partial charge in [0.25, 0.3) is 0 Å². The molecule has 1 unspecified atom stereocenters. The third kappa shape index (κ3) is 4.41. The van der Waals surface area contributed by atoms with Crippen LogP contribution < -0.4 is 4.74 Å². The predicted octanol–water partition coefficient (Wildman–Crippen LogP) is 5.63. The molecule has 1 aliphatic heterocycles. The molecule has 1 saturated heterocycles. The second-order valence-corrected chi connectivity index (χ2v) is 9.83. The second-order valence-electron chi connectivity index (χ2n) is 9.83. The van der Waals surface area contributed by atoms with Crippen molar-refractivity contribution in [2.24, 2.45) is 11.8 Å². The number of aryl methyl sites for hydroxylation is 1. The fraction of sp³-hybridized carbons (Fsp3) is 0.429. The van der Waals surface area contributed by atoms with E-state index in [1.165, 1.54) is 30.1 Å². The maximum atomic E-state index is 11.9. The number of benzene rings is 2. The van der Waals surface area contributed by atoms with Crippen LogP contribution in [0.4, 0.5) is 4.79 Å². The number of hydrogen-bond donors (Lipinski definition) is 1. The van der Waals surface area contributed by atoms with E-state index in [1.807, 2.05) is 43.3 Å². The van der Waals surface area contributed by atoms with Crippen molar-refractivity contribution < 1.29 is 24.2 Å². The van der Waals surface area contributed by atoms with Gasteiger partial charge in [-0.25, -0.2) is 9.59 Å². The Kier molecular flexibility index (Phi) is 6.28. The number of aromatic nitrogens is 1. The fourth-order valence-electron chi connectivity index (χ4n) is 5.80. The number of likely N-dealkylation sites (tertiary alicyclic amines) is 1. The number of ether oxygens (including phenoxy) is 2. The average Bonchev–Trinajstić information content (AvgIpc) is 3.62. The highest BCUT2D eigenvalue weighted by Crippen LogP contribution is 2.47. The lowest BCUT2D eigenvalue weighted by Gasteiger charge is -2.40. The summed E-state index contributed by atoms with van der Waals surface area (Å²) in [6.45, 7) is 3.54. The summed E-state index contributed by atoms with van der Waals surface area (Å²) in [5.41, 5.74) is 4.33. The Bertz CT molecular complexity index is 1260. The zero-order valence-corrected chi connectivity index (χ0v) is 20.5. The Morgan fingerprint density at radius 1 is 1.06 bits per heavy atom. The van der Waals surface area contributed by atoms with Crippen molar-refractivity contribution in [3.8, 4) is 5.75 Å². The SMILES string of the molecule is COC(=O)c1ccc([C@@H]2CC(C3CC3)CCN2Cc2c(OC)cc(C)c3c2ccn3C(=O)O)cc1. The van der Waals surface area contributed by atoms with Crippen molar-refractivity contribution in [3.63, 3.8) is 0 Å². The van der Waals surface area contributed by atoms with Crippen molar-refractivity contribution in [2.75, 3.05) is 20.8 Å². The van der Waals surface area contributed by atoms with Crippen LogP contribution in [0.1, 0.15) is 58.8 Å². The minimum Gasteiger partial charge on any atom is -0.496 e. The number of nitrogens with zero attached hydrogens (tertiary/aromatic N) is 2. The van der Waals surface area contributed by atoms with E-state index in [0.717, 1.165) is 47.6 Å². The minimum absolute atomic E-state index is 0.212. The first-order valence-electron chi connectivity index (χ1n) is 12.2. The molecular weight excluding hydrogens is 444 g/mol. The first-order chi connectivity index (χ1) is 16.9. The Hall–Kier alpha value is -3.32. The van der Waals surface area contributed by atoms with Gasteiger partial charge >= 0.3 is 12.1 Å². The zero-order valence-electron chi connectivity index (χ0n) is 20.5. The van der Waals surface area contributed by atoms with Crippen molar-refractivity contribution in [2.45, 2.75) is 45.2 Å². The van der Waals surface area contributed by atoms with E-state index in [2.05, 4.69) is 4.90 Å². The molecule has 7 nitrogen and oxygen atoms in total. The summed E-state index contributed by atoms with van der Waals surface area (Å²) in [5, 5.41) is 10.6. The maximum absolute atomic E-state index is 11.9. The number of carbonyl (C=O) groups is 2. The average molecular weight is 477 g/mol. The van der Waals surface area contributed by atoms with Gasteiger partial charge in [0, 0.05) is 29.7 Å². The van der Waals surface area contributed by atoms with Gasteiger partial charge in [-0.15, -0.1) is 0 Å². The van der Waals surface area contributed by atoms with Crippen molar-refractivity contribution in [1.29, 1.82) is 0 Å². The molecule has 2 aromatic carbocycles. The Balaban J connectivity index is 1.52. The van der Waals surface area contributed by atoms with Gasteiger partial charge in [-0.2, -0.15) is 0 Å². The largest absolute Gasteiger partial charge is 0.496 e. The van der Waals surface area contributed by atoms with Gasteiger partial charge in [-0.1, -0.05) is 12.1 Å². The van der Waals surface area contributed by atoms with E-state index < -0.39 is 6.09 Å². The van der Waals surface area contributed by atoms with Crippen LogP contribution in [0.5, 0.6) is 5.75 Å². The monoisotopic (exact) mass is 476 g/mol. The Morgan fingerprint density at radius 3 is 2.43 bits per heavy atom. The molecule has 3 aromatic rings. The number of methoxy groups -OCH3 is 2. The van der Waals surface area contributed by atoms with E-state index in [0.29, 0.717) is 23.5 Å². The Labute approximate surface area is 205 Å². The van der Waals surface area contributed by atoms with Gasteiger partial charge in [0.2, 0.25) is 0 Å². The Morgan fingerprint density at radius 2 is 1.80 bits per heavy atom. The molecule has 0 amide bonds. The third-order valence-electron chi connectivity index (χ3n) is 7.78. The molecule has 1 N–H and O–H groups in total. The van der Waals surface area contributed by atoms with Crippen LogP contribution in [0.2, 0.25) is 0 Å². The van der Waals surface area contributed by atoms with Gasteiger partial charge in [-0.05, 0) is 86.4 Å². The molecule has 2 atom stereocenters. The molecule has 2 heterocycles. The molecule has 1 saturated carbocycles. The van der Waals surface area contributed by atoms with Crippen LogP contribution in [0.15, 0.2) is 42.6 Å². The van der Waals surface area contributed by atoms with Crippen molar-refractivity contribution in [1.82, 2.24) is 9.47 Å². The lowest BCUT2D eigenvalue weighted by atomic mass is 9.83. The highest BCUT2D eigenvalue weighted by Gasteiger charge is 2.38. The highest BCUT2D eigenvalue weighted by atomic mass is 16.5. The summed E-state index contributed by atoms with van der Waals surface area (Å²) in [4.78, 5) is 26.2. The number of fused-ring (bicyclic) bond motifs is 1. The summed E-state index contributed by atoms with van der Waals surface area (Å²) in [6, 6.07) is 11.8. The summed E-state index contributed by atoms with van der Waals surface area (Å²) in [5.74, 6) is 1.99. The van der Waals surface area contributed by atoms with Crippen LogP contribution in [0.25, 0.3) is 10.9 Å². The lowest BCUT2D eigenvalue weighted by Crippen LogP contribution is -2.37. The number of rotatable bonds is 6. The van der Waals surface area contributed by atoms with Crippen molar-refractivity contribution >= 4 is 23.0 Å². The second kappa shape index (κ2) is 9.38. The quantitative estimate of drug-likeness (QED) is 0.464. The molecule has 184 valence electrons. The van der Waals surface area contributed by atoms with E-state index in [9.17, 15) is 14.7 Å². The number of carboxylic acid groups (broad SMARTS) is 1. The third-order valence-corrected chi connectivity index (χ3v) is 7.78. The molecule has 2 aliphatic rings. The van der Waals surface area contributed by atoms with Gasteiger partial charge in [0.05, 0.1) is 25.3 Å². The molecule has 35 heavy (non-hydrogen) atoms. The van der Waals surface area contributed by atoms with Gasteiger partial charge in [0.1, 0.15) is 5.75 Å². The molecule has 5 rings (SSSR count). The van der Waals surface area contributed by atoms with Gasteiger partial charge < -0.3 is 14.6 Å². The van der Waals surface area contributed by atoms with Crippen LogP contribution in [0, 0.1) is 18.8 Å². The number of carbonyl (C=O) groups excluding carboxylic acids is 1. The highest BCUT2D eigenvalue weighted by molar-refractivity contribution is 5.94. The van der Waals surface area contributed by atoms with Gasteiger partial charge in [-0.3, -0.25) is 9.47 Å². The van der Waals surface area contributed by atoms with Crippen LogP contribution in [-0.4, -0.2) is 47.4 Å². The molecule has 0 radical (unpaired) electrons. The maximum Gasteiger partial charge on any atom is 0.416 e. The minimum atomic E-state index is -0.993. The molecule has 0 spiro atoms. The zero-order chi connectivity index (χ0) is 24.7. The molecule has 0 bridgehead atoms. The predicted molar refractivity (Wildman–Crippen MR) is 133 cm³/mol. The standard InChI is InChI=1S/C28H32N2O5/c1-17-14-25(34-2)23(22-11-13-30(26(17)22)28(32)33)16-29-12-10-21(18-4-5-18)15-24(29)19-6-8-20(9-7-19)27(31)35-3/h6-9,11,13-14,18,21,24H,4-5,10,12,15-16H2,1-3H3,(H,32,33)/t21?,24-/m0/s1. The first kappa shape index (κ1) is 23.4. The summed E-state index contributed by atoms with van der Waals surface area (Å²) in [7, 11) is 3.06. The van der Waals surface area contributed by atoms with Crippen LogP contribution in [0.3, 0.4) is 0 Å². The molecule has 1 aromatic heterocycles. The topological polar surface area (TPSA) is 81.0 Å². The van der Waals surface area contributed by atoms with E-state index in [4.69, 9.17) is 9.47 Å². The summed E-state index contributed by atoms with van der Waals surface area (Å²) in [6.07, 6.45) is 5.52. The van der Waals surface area contributed by atoms with E-state index >= 15 is 0 Å². The fourth-order valence-corrected chi connectivity index (χ4v) is 5.80. The number of piperidine rings is 1.